The Morgan fingerprint density at radius 2 is 1.71 bits per heavy atom. The predicted octanol–water partition coefficient (Wildman–Crippen LogP) is 3.46. The van der Waals surface area contributed by atoms with E-state index in [0.29, 0.717) is 5.69 Å². The number of nitrogens with one attached hydrogen (secondary N) is 1. The number of isothiocyanates is 1. The fourth-order valence-corrected chi connectivity index (χ4v) is 3.20. The number of aliphatic imine (C=N–C) groups is 1. The first-order valence-corrected chi connectivity index (χ1v) is 8.17. The summed E-state index contributed by atoms with van der Waals surface area (Å²) in [6, 6.07) is 15.2. The van der Waals surface area contributed by atoms with Gasteiger partial charge in [0.1, 0.15) is 0 Å². The minimum absolute atomic E-state index is 0.189. The highest BCUT2D eigenvalue weighted by Gasteiger charge is 2.18. The van der Waals surface area contributed by atoms with Crippen LogP contribution in [0.1, 0.15) is 18.5 Å². The lowest BCUT2D eigenvalue weighted by molar-refractivity contribution is 0.567. The van der Waals surface area contributed by atoms with E-state index in [4.69, 9.17) is 0 Å². The Morgan fingerprint density at radius 1 is 1.10 bits per heavy atom. The van der Waals surface area contributed by atoms with Gasteiger partial charge in [-0.2, -0.15) is 4.99 Å². The zero-order chi connectivity index (χ0) is 15.3. The highest BCUT2D eigenvalue weighted by atomic mass is 32.2. The zero-order valence-electron chi connectivity index (χ0n) is 11.4. The molecule has 0 radical (unpaired) electrons. The van der Waals surface area contributed by atoms with Crippen LogP contribution in [0.4, 0.5) is 5.69 Å². The van der Waals surface area contributed by atoms with E-state index in [1.165, 1.54) is 12.1 Å². The van der Waals surface area contributed by atoms with E-state index in [9.17, 15) is 8.42 Å². The van der Waals surface area contributed by atoms with Gasteiger partial charge in [-0.25, -0.2) is 13.1 Å². The van der Waals surface area contributed by atoms with Crippen molar-refractivity contribution in [3.63, 3.8) is 0 Å². The van der Waals surface area contributed by atoms with Crippen LogP contribution >= 0.6 is 12.2 Å². The minimum atomic E-state index is -3.58. The minimum Gasteiger partial charge on any atom is -0.207 e. The second kappa shape index (κ2) is 6.74. The fraction of sp³-hybridized carbons (Fsp3) is 0.133. The summed E-state index contributed by atoms with van der Waals surface area (Å²) in [4.78, 5) is 3.98. The average molecular weight is 318 g/mol. The molecule has 1 N–H and O–H groups in total. The molecule has 0 heterocycles. The summed E-state index contributed by atoms with van der Waals surface area (Å²) >= 11 is 4.50. The Balaban J connectivity index is 2.20. The molecule has 0 aromatic heterocycles. The molecule has 0 unspecified atom stereocenters. The molecule has 0 bridgehead atoms. The summed E-state index contributed by atoms with van der Waals surface area (Å²) in [5, 5.41) is 2.24. The third kappa shape index (κ3) is 4.06. The van der Waals surface area contributed by atoms with E-state index in [1.54, 1.807) is 19.1 Å². The summed E-state index contributed by atoms with van der Waals surface area (Å²) in [5.41, 5.74) is 1.48. The number of benzene rings is 2. The van der Waals surface area contributed by atoms with Gasteiger partial charge < -0.3 is 0 Å². The van der Waals surface area contributed by atoms with E-state index < -0.39 is 10.0 Å². The summed E-state index contributed by atoms with van der Waals surface area (Å²) in [5.74, 6) is 0. The van der Waals surface area contributed by atoms with Crippen molar-refractivity contribution in [3.05, 3.63) is 60.2 Å². The first-order chi connectivity index (χ1) is 10.0. The largest absolute Gasteiger partial charge is 0.241 e. The first kappa shape index (κ1) is 15.5. The number of thiocarbonyl (C=S) groups is 1. The van der Waals surface area contributed by atoms with Gasteiger partial charge in [-0.05, 0) is 49.0 Å². The topological polar surface area (TPSA) is 58.5 Å². The molecule has 21 heavy (non-hydrogen) atoms. The second-order valence-corrected chi connectivity index (χ2v) is 6.35. The lowest BCUT2D eigenvalue weighted by atomic mass is 10.1. The van der Waals surface area contributed by atoms with Crippen LogP contribution < -0.4 is 4.72 Å². The average Bonchev–Trinajstić information content (AvgIpc) is 2.48. The molecular weight excluding hydrogens is 304 g/mol. The quantitative estimate of drug-likeness (QED) is 0.678. The molecule has 1 atom stereocenters. The molecule has 2 rings (SSSR count). The summed E-state index contributed by atoms with van der Waals surface area (Å²) < 4.78 is 27.3. The molecule has 108 valence electrons. The van der Waals surface area contributed by atoms with E-state index >= 15 is 0 Å². The molecule has 0 amide bonds. The van der Waals surface area contributed by atoms with Crippen molar-refractivity contribution < 1.29 is 8.42 Å². The normalized spacial score (nSPS) is 12.4. The van der Waals surface area contributed by atoms with Crippen LogP contribution in [-0.4, -0.2) is 13.6 Å². The lowest BCUT2D eigenvalue weighted by Gasteiger charge is -2.14. The predicted molar refractivity (Wildman–Crippen MR) is 86.3 cm³/mol. The van der Waals surface area contributed by atoms with Crippen LogP contribution in [-0.2, 0) is 10.0 Å². The number of hydrogen-bond acceptors (Lipinski definition) is 4. The third-order valence-electron chi connectivity index (χ3n) is 2.95. The Bertz CT molecular complexity index is 750. The Hall–Kier alpha value is -1.85. The zero-order valence-corrected chi connectivity index (χ0v) is 13.0. The fourth-order valence-electron chi connectivity index (χ4n) is 1.86. The van der Waals surface area contributed by atoms with E-state index in [0.717, 1.165) is 5.56 Å². The standard InChI is InChI=1S/C15H14N2O2S2/c1-12(13-5-3-2-4-6-13)17-21(18,19)15-9-7-14(8-10-15)16-11-20/h2-10,12,17H,1H3/t12-/m0/s1. The van der Waals surface area contributed by atoms with Gasteiger partial charge in [0.25, 0.3) is 0 Å². The van der Waals surface area contributed by atoms with Crippen molar-refractivity contribution in [2.45, 2.75) is 17.9 Å². The summed E-state index contributed by atoms with van der Waals surface area (Å²) in [6.07, 6.45) is 0. The molecule has 0 saturated heterocycles. The first-order valence-electron chi connectivity index (χ1n) is 6.28. The van der Waals surface area contributed by atoms with E-state index in [2.05, 4.69) is 27.1 Å². The Kier molecular flexibility index (Phi) is 4.98. The molecule has 2 aromatic rings. The lowest BCUT2D eigenvalue weighted by Crippen LogP contribution is -2.26. The molecule has 4 nitrogen and oxygen atoms in total. The molecule has 2 aromatic carbocycles. The maximum absolute atomic E-state index is 12.3. The molecule has 0 spiro atoms. The van der Waals surface area contributed by atoms with Crippen LogP contribution in [0.2, 0.25) is 0 Å². The van der Waals surface area contributed by atoms with Gasteiger partial charge in [-0.15, -0.1) is 0 Å². The van der Waals surface area contributed by atoms with Crippen molar-refractivity contribution in [2.24, 2.45) is 4.99 Å². The molecule has 6 heteroatoms. The van der Waals surface area contributed by atoms with Gasteiger partial charge >= 0.3 is 0 Å². The van der Waals surface area contributed by atoms with E-state index in [-0.39, 0.29) is 10.9 Å². The van der Waals surface area contributed by atoms with E-state index in [1.807, 2.05) is 30.3 Å². The molecule has 0 fully saturated rings. The molecule has 0 aliphatic rings. The maximum Gasteiger partial charge on any atom is 0.241 e. The van der Waals surface area contributed by atoms with Gasteiger partial charge in [-0.3, -0.25) is 0 Å². The molecule has 0 aliphatic heterocycles. The van der Waals surface area contributed by atoms with Crippen molar-refractivity contribution >= 4 is 33.1 Å². The van der Waals surface area contributed by atoms with Crippen LogP contribution in [0.15, 0.2) is 64.5 Å². The number of rotatable bonds is 5. The number of sulfonamides is 1. The van der Waals surface area contributed by atoms with Gasteiger partial charge in [0.2, 0.25) is 10.0 Å². The monoisotopic (exact) mass is 318 g/mol. The molecule has 0 saturated carbocycles. The van der Waals surface area contributed by atoms with Crippen LogP contribution in [0.3, 0.4) is 0 Å². The second-order valence-electron chi connectivity index (χ2n) is 4.45. The highest BCUT2D eigenvalue weighted by molar-refractivity contribution is 7.89. The van der Waals surface area contributed by atoms with Crippen molar-refractivity contribution in [3.8, 4) is 0 Å². The van der Waals surface area contributed by atoms with Crippen molar-refractivity contribution in [2.75, 3.05) is 0 Å². The van der Waals surface area contributed by atoms with Gasteiger partial charge in [0.05, 0.1) is 15.7 Å². The van der Waals surface area contributed by atoms with Crippen LogP contribution in [0, 0.1) is 0 Å². The maximum atomic E-state index is 12.3. The highest BCUT2D eigenvalue weighted by Crippen LogP contribution is 2.19. The SMILES string of the molecule is C[C@H](NS(=O)(=O)c1ccc(N=C=S)cc1)c1ccccc1. The van der Waals surface area contributed by atoms with Crippen LogP contribution in [0.25, 0.3) is 0 Å². The van der Waals surface area contributed by atoms with Gasteiger partial charge in [-0.1, -0.05) is 30.3 Å². The smallest absolute Gasteiger partial charge is 0.207 e. The van der Waals surface area contributed by atoms with Crippen molar-refractivity contribution in [1.82, 2.24) is 4.72 Å². The molecule has 0 aliphatic carbocycles. The van der Waals surface area contributed by atoms with Gasteiger partial charge in [0, 0.05) is 6.04 Å². The summed E-state index contributed by atoms with van der Waals surface area (Å²) in [7, 11) is -3.58. The summed E-state index contributed by atoms with van der Waals surface area (Å²) in [6.45, 7) is 1.80. The Morgan fingerprint density at radius 3 is 2.29 bits per heavy atom. The van der Waals surface area contributed by atoms with Gasteiger partial charge in [0.15, 0.2) is 0 Å². The third-order valence-corrected chi connectivity index (χ3v) is 4.60. The van der Waals surface area contributed by atoms with Crippen LogP contribution in [0.5, 0.6) is 0 Å². The number of hydrogen-bond donors (Lipinski definition) is 1. The Labute approximate surface area is 129 Å². The number of nitrogens with zero attached hydrogens (tertiary/aromatic N) is 1. The molecular formula is C15H14N2O2S2. The van der Waals surface area contributed by atoms with Crippen molar-refractivity contribution in [1.29, 1.82) is 0 Å².